The quantitative estimate of drug-likeness (QED) is 0.236. The molecule has 0 fully saturated rings. The van der Waals surface area contributed by atoms with E-state index in [1.54, 1.807) is 36.4 Å². The van der Waals surface area contributed by atoms with Gasteiger partial charge in [0.15, 0.2) is 11.5 Å². The van der Waals surface area contributed by atoms with Gasteiger partial charge in [0.05, 0.1) is 12.8 Å². The smallest absolute Gasteiger partial charge is 0.243 e. The molecule has 0 saturated heterocycles. The summed E-state index contributed by atoms with van der Waals surface area (Å²) in [5.41, 5.74) is 2.87. The predicted octanol–water partition coefficient (Wildman–Crippen LogP) is 4.27. The van der Waals surface area contributed by atoms with E-state index in [1.807, 2.05) is 42.5 Å². The van der Waals surface area contributed by atoms with Gasteiger partial charge in [-0.15, -0.1) is 0 Å². The molecule has 1 atom stereocenters. The fourth-order valence-electron chi connectivity index (χ4n) is 5.02. The lowest BCUT2D eigenvalue weighted by Crippen LogP contribution is -2.53. The fraction of sp³-hybridized carbons (Fsp3) is 0.235. The number of fused-ring (bicyclic) bond motifs is 1. The van der Waals surface area contributed by atoms with Crippen molar-refractivity contribution < 1.29 is 31.9 Å². The molecule has 0 radical (unpaired) electrons. The van der Waals surface area contributed by atoms with Gasteiger partial charge in [-0.2, -0.15) is 4.31 Å². The number of hydrogen-bond donors (Lipinski definition) is 1. The monoisotopic (exact) mass is 631 g/mol. The summed E-state index contributed by atoms with van der Waals surface area (Å²) < 4.78 is 51.4. The van der Waals surface area contributed by atoms with Crippen LogP contribution in [0.1, 0.15) is 22.3 Å². The molecule has 2 amide bonds. The first kappa shape index (κ1) is 31.7. The zero-order chi connectivity index (χ0) is 31.8. The number of nitrogens with zero attached hydrogens (tertiary/aromatic N) is 2. The SMILES string of the molecule is CS(=O)(=O)N(CC(=O)N(Cc1ccc(F)cc1)[C@@H](Cc1ccccc1)C(=O)NCc1ccc2c(c1)OCO2)Cc1ccccc1. The number of ether oxygens (including phenoxy) is 2. The van der Waals surface area contributed by atoms with Gasteiger partial charge >= 0.3 is 0 Å². The topological polar surface area (TPSA) is 105 Å². The molecule has 0 aliphatic carbocycles. The van der Waals surface area contributed by atoms with Crippen LogP contribution in [0.4, 0.5) is 4.39 Å². The number of carbonyl (C=O) groups excluding carboxylic acids is 2. The molecule has 1 heterocycles. The van der Waals surface area contributed by atoms with Crippen LogP contribution < -0.4 is 14.8 Å². The largest absolute Gasteiger partial charge is 0.454 e. The first-order valence-electron chi connectivity index (χ1n) is 14.4. The Labute approximate surface area is 262 Å². The van der Waals surface area contributed by atoms with E-state index in [4.69, 9.17) is 9.47 Å². The van der Waals surface area contributed by atoms with Gasteiger partial charge in [-0.1, -0.05) is 78.9 Å². The normalized spacial score (nSPS) is 13.0. The highest BCUT2D eigenvalue weighted by Gasteiger charge is 2.33. The number of carbonyl (C=O) groups is 2. The highest BCUT2D eigenvalue weighted by Crippen LogP contribution is 2.32. The third-order valence-electron chi connectivity index (χ3n) is 7.42. The van der Waals surface area contributed by atoms with E-state index < -0.39 is 40.2 Å². The van der Waals surface area contributed by atoms with Crippen LogP contribution in [0.25, 0.3) is 0 Å². The first-order chi connectivity index (χ1) is 21.7. The van der Waals surface area contributed by atoms with Gasteiger partial charge in [-0.25, -0.2) is 12.8 Å². The molecule has 9 nitrogen and oxygen atoms in total. The fourth-order valence-corrected chi connectivity index (χ4v) is 5.75. The van der Waals surface area contributed by atoms with Crippen molar-refractivity contribution in [1.82, 2.24) is 14.5 Å². The average Bonchev–Trinajstić information content (AvgIpc) is 3.51. The lowest BCUT2D eigenvalue weighted by molar-refractivity contribution is -0.141. The van der Waals surface area contributed by atoms with Crippen molar-refractivity contribution in [2.45, 2.75) is 32.1 Å². The van der Waals surface area contributed by atoms with Crippen LogP contribution in [0, 0.1) is 5.82 Å². The summed E-state index contributed by atoms with van der Waals surface area (Å²) in [7, 11) is -3.81. The van der Waals surface area contributed by atoms with Crippen LogP contribution in [-0.2, 0) is 45.7 Å². The Morgan fingerprint density at radius 3 is 2.07 bits per heavy atom. The van der Waals surface area contributed by atoms with Crippen LogP contribution in [0.15, 0.2) is 103 Å². The summed E-state index contributed by atoms with van der Waals surface area (Å²) in [6, 6.07) is 28.2. The molecule has 0 spiro atoms. The maximum Gasteiger partial charge on any atom is 0.243 e. The minimum atomic E-state index is -3.81. The van der Waals surface area contributed by atoms with Gasteiger partial charge in [0.2, 0.25) is 28.6 Å². The van der Waals surface area contributed by atoms with E-state index in [9.17, 15) is 22.4 Å². The summed E-state index contributed by atoms with van der Waals surface area (Å²) in [5, 5.41) is 2.94. The highest BCUT2D eigenvalue weighted by atomic mass is 32.2. The molecule has 0 bridgehead atoms. The number of sulfonamides is 1. The number of halogens is 1. The van der Waals surface area contributed by atoms with Crippen LogP contribution >= 0.6 is 0 Å². The van der Waals surface area contributed by atoms with E-state index in [-0.39, 0.29) is 32.8 Å². The Bertz CT molecular complexity index is 1720. The van der Waals surface area contributed by atoms with E-state index in [1.165, 1.54) is 29.2 Å². The third-order valence-corrected chi connectivity index (χ3v) is 8.62. The molecule has 0 aromatic heterocycles. The minimum Gasteiger partial charge on any atom is -0.454 e. The van der Waals surface area contributed by atoms with Crippen LogP contribution in [0.2, 0.25) is 0 Å². The predicted molar refractivity (Wildman–Crippen MR) is 167 cm³/mol. The lowest BCUT2D eigenvalue weighted by atomic mass is 10.0. The molecule has 0 unspecified atom stereocenters. The second-order valence-corrected chi connectivity index (χ2v) is 12.8. The Morgan fingerprint density at radius 1 is 0.800 bits per heavy atom. The van der Waals surface area contributed by atoms with Gasteiger partial charge in [0.25, 0.3) is 0 Å². The van der Waals surface area contributed by atoms with E-state index in [2.05, 4.69) is 5.32 Å². The summed E-state index contributed by atoms with van der Waals surface area (Å²) in [6.45, 7) is -0.273. The lowest BCUT2D eigenvalue weighted by Gasteiger charge is -2.33. The maximum atomic E-state index is 14.1. The Balaban J connectivity index is 1.45. The maximum absolute atomic E-state index is 14.1. The molecular formula is C34H34FN3O6S. The number of rotatable bonds is 13. The molecule has 11 heteroatoms. The van der Waals surface area contributed by atoms with E-state index in [0.717, 1.165) is 21.7 Å². The molecule has 4 aromatic carbocycles. The summed E-state index contributed by atoms with van der Waals surface area (Å²) in [4.78, 5) is 29.5. The first-order valence-corrected chi connectivity index (χ1v) is 16.2. The van der Waals surface area contributed by atoms with Crippen molar-refractivity contribution in [2.24, 2.45) is 0 Å². The molecule has 45 heavy (non-hydrogen) atoms. The number of nitrogens with one attached hydrogen (secondary N) is 1. The Morgan fingerprint density at radius 2 is 1.40 bits per heavy atom. The summed E-state index contributed by atoms with van der Waals surface area (Å²) in [6.07, 6.45) is 1.21. The Hall–Kier alpha value is -4.74. The molecule has 4 aromatic rings. The molecule has 234 valence electrons. The van der Waals surface area contributed by atoms with Crippen molar-refractivity contribution >= 4 is 21.8 Å². The number of hydrogen-bond acceptors (Lipinski definition) is 6. The van der Waals surface area contributed by atoms with Crippen molar-refractivity contribution in [3.05, 3.63) is 131 Å². The van der Waals surface area contributed by atoms with Crippen LogP contribution in [0.3, 0.4) is 0 Å². The molecule has 1 aliphatic heterocycles. The molecule has 5 rings (SSSR count). The third kappa shape index (κ3) is 8.68. The van der Waals surface area contributed by atoms with Crippen LogP contribution in [-0.4, -0.2) is 55.1 Å². The summed E-state index contributed by atoms with van der Waals surface area (Å²) in [5.74, 6) is -0.241. The molecule has 1 aliphatic rings. The van der Waals surface area contributed by atoms with Crippen molar-refractivity contribution in [3.8, 4) is 11.5 Å². The molecular weight excluding hydrogens is 597 g/mol. The zero-order valence-electron chi connectivity index (χ0n) is 24.8. The second kappa shape index (κ2) is 14.4. The molecule has 0 saturated carbocycles. The van der Waals surface area contributed by atoms with E-state index >= 15 is 0 Å². The van der Waals surface area contributed by atoms with Gasteiger partial charge in [-0.3, -0.25) is 9.59 Å². The number of amides is 2. The van der Waals surface area contributed by atoms with Gasteiger partial charge in [-0.05, 0) is 46.5 Å². The van der Waals surface area contributed by atoms with Crippen molar-refractivity contribution in [2.75, 3.05) is 19.6 Å². The molecule has 1 N–H and O–H groups in total. The van der Waals surface area contributed by atoms with Gasteiger partial charge < -0.3 is 19.7 Å². The zero-order valence-corrected chi connectivity index (χ0v) is 25.6. The highest BCUT2D eigenvalue weighted by molar-refractivity contribution is 7.88. The van der Waals surface area contributed by atoms with E-state index in [0.29, 0.717) is 22.6 Å². The minimum absolute atomic E-state index is 0.0184. The Kier molecular flexibility index (Phi) is 10.1. The standard InChI is InChI=1S/C34H34FN3O6S/c1-45(41,42)37(21-26-10-6-3-7-11-26)23-33(39)38(22-27-12-15-29(35)16-13-27)30(18-25-8-4-2-5-9-25)34(40)36-20-28-14-17-31-32(19-28)44-24-43-31/h2-17,19,30H,18,20-24H2,1H3,(H,36,40)/t30-/m0/s1. The second-order valence-electron chi connectivity index (χ2n) is 10.8. The van der Waals surface area contributed by atoms with Crippen LogP contribution in [0.5, 0.6) is 11.5 Å². The van der Waals surface area contributed by atoms with Gasteiger partial charge in [0, 0.05) is 26.1 Å². The van der Waals surface area contributed by atoms with Gasteiger partial charge in [0.1, 0.15) is 11.9 Å². The van der Waals surface area contributed by atoms with Crippen molar-refractivity contribution in [1.29, 1.82) is 0 Å². The average molecular weight is 632 g/mol. The summed E-state index contributed by atoms with van der Waals surface area (Å²) >= 11 is 0. The van der Waals surface area contributed by atoms with Crippen molar-refractivity contribution in [3.63, 3.8) is 0 Å². The number of benzene rings is 4.